The highest BCUT2D eigenvalue weighted by atomic mass is 16.6. The van der Waals surface area contributed by atoms with Crippen molar-refractivity contribution in [2.24, 2.45) is 5.92 Å². The third kappa shape index (κ3) is 9.65. The Morgan fingerprint density at radius 1 is 1.20 bits per heavy atom. The molecule has 0 fully saturated rings. The van der Waals surface area contributed by atoms with Crippen molar-refractivity contribution in [3.8, 4) is 0 Å². The van der Waals surface area contributed by atoms with Crippen molar-refractivity contribution in [3.05, 3.63) is 46.0 Å². The van der Waals surface area contributed by atoms with E-state index in [0.717, 1.165) is 18.4 Å². The first-order valence-corrected chi connectivity index (χ1v) is 8.68. The summed E-state index contributed by atoms with van der Waals surface area (Å²) in [5, 5.41) is 10.5. The second-order valence-corrected chi connectivity index (χ2v) is 6.98. The number of carbonyl (C=O) groups is 1. The monoisotopic (exact) mass is 349 g/mol. The third-order valence-corrected chi connectivity index (χ3v) is 3.16. The maximum atomic E-state index is 10.9. The van der Waals surface area contributed by atoms with Gasteiger partial charge in [0.1, 0.15) is 5.60 Å². The van der Waals surface area contributed by atoms with Gasteiger partial charge in [0, 0.05) is 12.1 Å². The molecular weight excluding hydrogens is 318 g/mol. The molecule has 5 heteroatoms. The highest BCUT2D eigenvalue weighted by Crippen LogP contribution is 2.21. The van der Waals surface area contributed by atoms with Crippen molar-refractivity contribution in [2.45, 2.75) is 66.9 Å². The van der Waals surface area contributed by atoms with Crippen LogP contribution in [-0.2, 0) is 9.53 Å². The first-order valence-electron chi connectivity index (χ1n) is 8.68. The fraction of sp³-hybridized carbons (Fsp3) is 0.550. The molecule has 0 radical (unpaired) electrons. The Balaban J connectivity index is 0.000000504. The number of benzene rings is 1. The number of hydrogen-bond donors (Lipinski definition) is 0. The molecule has 0 aliphatic rings. The average molecular weight is 349 g/mol. The highest BCUT2D eigenvalue weighted by Gasteiger charge is 2.18. The molecular formula is C20H31NO4. The zero-order chi connectivity index (χ0) is 19.6. The van der Waals surface area contributed by atoms with E-state index in [4.69, 9.17) is 4.74 Å². The largest absolute Gasteiger partial charge is 0.460 e. The summed E-state index contributed by atoms with van der Waals surface area (Å²) in [5.74, 6) is -0.160. The van der Waals surface area contributed by atoms with Crippen LogP contribution in [0.2, 0.25) is 0 Å². The minimum Gasteiger partial charge on any atom is -0.460 e. The molecule has 0 heterocycles. The highest BCUT2D eigenvalue weighted by molar-refractivity contribution is 5.71. The molecule has 1 aromatic rings. The predicted octanol–water partition coefficient (Wildman–Crippen LogP) is 5.78. The molecule has 0 saturated heterocycles. The minimum absolute atomic E-state index is 0.0285. The quantitative estimate of drug-likeness (QED) is 0.384. The normalized spacial score (nSPS) is 11.6. The van der Waals surface area contributed by atoms with Gasteiger partial charge >= 0.3 is 5.97 Å². The van der Waals surface area contributed by atoms with E-state index in [2.05, 4.69) is 19.9 Å². The number of esters is 1. The van der Waals surface area contributed by atoms with Gasteiger partial charge in [0.15, 0.2) is 0 Å². The molecule has 0 atom stereocenters. The summed E-state index contributed by atoms with van der Waals surface area (Å²) in [7, 11) is 0. The summed E-state index contributed by atoms with van der Waals surface area (Å²) in [4.78, 5) is 21.0. The Hall–Kier alpha value is -2.17. The molecule has 140 valence electrons. The van der Waals surface area contributed by atoms with Gasteiger partial charge in [-0.3, -0.25) is 14.9 Å². The summed E-state index contributed by atoms with van der Waals surface area (Å²) in [6.45, 7) is 13.4. The van der Waals surface area contributed by atoms with E-state index >= 15 is 0 Å². The van der Waals surface area contributed by atoms with Crippen LogP contribution in [0.1, 0.15) is 66.9 Å². The molecule has 0 unspecified atom stereocenters. The summed E-state index contributed by atoms with van der Waals surface area (Å²) in [6, 6.07) is 6.72. The Bertz CT molecular complexity index is 581. The smallest absolute Gasteiger partial charge is 0.308 e. The number of non-ortho nitro benzene ring substituents is 1. The maximum absolute atomic E-state index is 10.9. The van der Waals surface area contributed by atoms with Crippen molar-refractivity contribution < 1.29 is 14.5 Å². The predicted molar refractivity (Wildman–Crippen MR) is 102 cm³/mol. The number of rotatable bonds is 5. The second kappa shape index (κ2) is 10.6. The van der Waals surface area contributed by atoms with Crippen LogP contribution in [0.25, 0.3) is 5.57 Å². The Morgan fingerprint density at radius 3 is 2.00 bits per heavy atom. The molecule has 1 aromatic carbocycles. The van der Waals surface area contributed by atoms with E-state index in [1.54, 1.807) is 12.1 Å². The number of nitro benzene ring substituents is 1. The Labute approximate surface area is 151 Å². The van der Waals surface area contributed by atoms with Crippen LogP contribution >= 0.6 is 0 Å². The molecule has 0 amide bonds. The van der Waals surface area contributed by atoms with Crippen LogP contribution in [0.3, 0.4) is 0 Å². The maximum Gasteiger partial charge on any atom is 0.308 e. The zero-order valence-electron chi connectivity index (χ0n) is 16.5. The SMILES string of the molecule is CC(C)C(=O)OC(C)(C)C.CC/C=C(\CC)c1ccc([N+](=O)[O-])cc1. The fourth-order valence-corrected chi connectivity index (χ4v) is 1.93. The van der Waals surface area contributed by atoms with Crippen molar-refractivity contribution in [3.63, 3.8) is 0 Å². The lowest BCUT2D eigenvalue weighted by molar-refractivity contribution is -0.384. The van der Waals surface area contributed by atoms with Crippen molar-refractivity contribution in [1.29, 1.82) is 0 Å². The number of allylic oxidation sites excluding steroid dienone is 2. The number of nitrogens with zero attached hydrogens (tertiary/aromatic N) is 1. The number of ether oxygens (including phenoxy) is 1. The van der Waals surface area contributed by atoms with Gasteiger partial charge in [0.2, 0.25) is 0 Å². The first kappa shape index (κ1) is 22.8. The molecule has 0 N–H and O–H groups in total. The van der Waals surface area contributed by atoms with Crippen LogP contribution in [0.4, 0.5) is 5.69 Å². The van der Waals surface area contributed by atoms with E-state index in [9.17, 15) is 14.9 Å². The van der Waals surface area contributed by atoms with Gasteiger partial charge in [-0.25, -0.2) is 0 Å². The molecule has 0 aliphatic heterocycles. The zero-order valence-corrected chi connectivity index (χ0v) is 16.5. The number of carbonyl (C=O) groups excluding carboxylic acids is 1. The van der Waals surface area contributed by atoms with Crippen LogP contribution in [0, 0.1) is 16.0 Å². The lowest BCUT2D eigenvalue weighted by Crippen LogP contribution is -2.26. The molecule has 0 saturated carbocycles. The molecule has 1 rings (SSSR count). The first-order chi connectivity index (χ1) is 11.5. The van der Waals surface area contributed by atoms with E-state index in [-0.39, 0.29) is 28.1 Å². The topological polar surface area (TPSA) is 69.4 Å². The van der Waals surface area contributed by atoms with E-state index in [1.807, 2.05) is 46.8 Å². The van der Waals surface area contributed by atoms with Gasteiger partial charge in [-0.1, -0.05) is 33.8 Å². The van der Waals surface area contributed by atoms with E-state index in [1.165, 1.54) is 5.57 Å². The van der Waals surface area contributed by atoms with Gasteiger partial charge in [-0.05, 0) is 56.9 Å². The van der Waals surface area contributed by atoms with Crippen molar-refractivity contribution >= 4 is 17.2 Å². The average Bonchev–Trinajstić information content (AvgIpc) is 2.51. The molecule has 0 bridgehead atoms. The summed E-state index contributed by atoms with van der Waals surface area (Å²) < 4.78 is 5.06. The second-order valence-electron chi connectivity index (χ2n) is 6.98. The Kier molecular flexibility index (Phi) is 9.72. The van der Waals surface area contributed by atoms with E-state index in [0.29, 0.717) is 0 Å². The molecule has 0 aromatic heterocycles. The Morgan fingerprint density at radius 2 is 1.72 bits per heavy atom. The van der Waals surface area contributed by atoms with Crippen LogP contribution < -0.4 is 0 Å². The summed E-state index contributed by atoms with van der Waals surface area (Å²) >= 11 is 0. The van der Waals surface area contributed by atoms with Crippen molar-refractivity contribution in [2.75, 3.05) is 0 Å². The van der Waals surface area contributed by atoms with E-state index < -0.39 is 0 Å². The summed E-state index contributed by atoms with van der Waals surface area (Å²) in [6.07, 6.45) is 4.09. The van der Waals surface area contributed by atoms with Gasteiger partial charge in [0.25, 0.3) is 5.69 Å². The van der Waals surface area contributed by atoms with Gasteiger partial charge < -0.3 is 4.74 Å². The number of hydrogen-bond acceptors (Lipinski definition) is 4. The molecule has 0 spiro atoms. The molecule has 5 nitrogen and oxygen atoms in total. The standard InChI is InChI=1S/C12H15NO2.C8H16O2/c1-3-5-10(4-2)11-6-8-12(9-7-11)13(14)15;1-6(2)7(9)10-8(3,4)5/h5-9H,3-4H2,1-2H3;6H,1-5H3/b10-5+;. The minimum atomic E-state index is -0.376. The van der Waals surface area contributed by atoms with Crippen LogP contribution in [0.15, 0.2) is 30.3 Å². The van der Waals surface area contributed by atoms with Crippen molar-refractivity contribution in [1.82, 2.24) is 0 Å². The van der Waals surface area contributed by atoms with Gasteiger partial charge in [-0.2, -0.15) is 0 Å². The summed E-state index contributed by atoms with van der Waals surface area (Å²) in [5.41, 5.74) is 2.12. The fourth-order valence-electron chi connectivity index (χ4n) is 1.93. The number of nitro groups is 1. The molecule has 25 heavy (non-hydrogen) atoms. The van der Waals surface area contributed by atoms with Gasteiger partial charge in [0.05, 0.1) is 10.8 Å². The van der Waals surface area contributed by atoms with Crippen LogP contribution in [-0.4, -0.2) is 16.5 Å². The van der Waals surface area contributed by atoms with Crippen LogP contribution in [0.5, 0.6) is 0 Å². The lowest BCUT2D eigenvalue weighted by Gasteiger charge is -2.20. The third-order valence-electron chi connectivity index (χ3n) is 3.16. The molecule has 0 aliphatic carbocycles. The lowest BCUT2D eigenvalue weighted by atomic mass is 10.0. The van der Waals surface area contributed by atoms with Gasteiger partial charge in [-0.15, -0.1) is 0 Å².